The van der Waals surface area contributed by atoms with Gasteiger partial charge in [-0.3, -0.25) is 0 Å². The highest BCUT2D eigenvalue weighted by Crippen LogP contribution is 2.29. The number of alkyl halides is 1. The van der Waals surface area contributed by atoms with Gasteiger partial charge < -0.3 is 4.90 Å². The van der Waals surface area contributed by atoms with Crippen LogP contribution >= 0.6 is 27.5 Å². The minimum atomic E-state index is 0.704. The predicted octanol–water partition coefficient (Wildman–Crippen LogP) is 3.44. The smallest absolute Gasteiger partial charge is 0.0399 e. The van der Waals surface area contributed by atoms with Gasteiger partial charge in [-0.2, -0.15) is 0 Å². The van der Waals surface area contributed by atoms with Gasteiger partial charge in [0.2, 0.25) is 0 Å². The lowest BCUT2D eigenvalue weighted by molar-refractivity contribution is 0.709. The van der Waals surface area contributed by atoms with Crippen molar-refractivity contribution in [3.05, 3.63) is 28.2 Å². The van der Waals surface area contributed by atoms with Crippen molar-refractivity contribution >= 4 is 33.2 Å². The maximum atomic E-state index is 5.78. The number of aryl methyl sites for hydroxylation is 1. The minimum Gasteiger partial charge on any atom is -0.370 e. The number of anilines is 1. The van der Waals surface area contributed by atoms with Crippen LogP contribution in [-0.4, -0.2) is 19.0 Å². The highest BCUT2D eigenvalue weighted by atomic mass is 79.9. The molecule has 0 amide bonds. The van der Waals surface area contributed by atoms with E-state index >= 15 is 0 Å². The summed E-state index contributed by atoms with van der Waals surface area (Å²) in [5, 5.41) is 0. The lowest BCUT2D eigenvalue weighted by atomic mass is 10.0. The first kappa shape index (κ1) is 10.3. The predicted molar refractivity (Wildman–Crippen MR) is 65.4 cm³/mol. The van der Waals surface area contributed by atoms with Crippen molar-refractivity contribution in [2.45, 2.75) is 12.8 Å². The van der Waals surface area contributed by atoms with Crippen molar-refractivity contribution in [3.63, 3.8) is 0 Å². The van der Waals surface area contributed by atoms with Gasteiger partial charge in [0.15, 0.2) is 0 Å². The summed E-state index contributed by atoms with van der Waals surface area (Å²) in [6, 6.07) is 6.51. The lowest BCUT2D eigenvalue weighted by Crippen LogP contribution is -2.30. The highest BCUT2D eigenvalue weighted by molar-refractivity contribution is 9.10. The van der Waals surface area contributed by atoms with Gasteiger partial charge >= 0.3 is 0 Å². The van der Waals surface area contributed by atoms with E-state index in [1.54, 1.807) is 0 Å². The first-order valence-electron chi connectivity index (χ1n) is 4.90. The molecule has 1 nitrogen and oxygen atoms in total. The van der Waals surface area contributed by atoms with Crippen LogP contribution < -0.4 is 4.90 Å². The summed E-state index contributed by atoms with van der Waals surface area (Å²) in [7, 11) is 0. The summed E-state index contributed by atoms with van der Waals surface area (Å²) in [6.07, 6.45) is 2.42. The normalized spacial score (nSPS) is 15.4. The second kappa shape index (κ2) is 4.54. The number of benzene rings is 1. The Morgan fingerprint density at radius 3 is 3.07 bits per heavy atom. The number of hydrogen-bond acceptors (Lipinski definition) is 1. The summed E-state index contributed by atoms with van der Waals surface area (Å²) in [5.74, 6) is 0.704. The van der Waals surface area contributed by atoms with E-state index in [0.29, 0.717) is 5.88 Å². The molecule has 0 fully saturated rings. The molecule has 1 aliphatic rings. The molecule has 0 saturated heterocycles. The first-order valence-corrected chi connectivity index (χ1v) is 6.23. The third-order valence-corrected chi connectivity index (χ3v) is 3.27. The molecule has 3 heteroatoms. The van der Waals surface area contributed by atoms with E-state index in [-0.39, 0.29) is 0 Å². The standard InChI is InChI=1S/C11H13BrClN/c12-10-3-4-11-9(8-10)2-1-6-14(11)7-5-13/h3-4,8H,1-2,5-7H2. The Hall–Kier alpha value is -0.210. The third-order valence-electron chi connectivity index (χ3n) is 2.61. The van der Waals surface area contributed by atoms with Crippen LogP contribution in [0.5, 0.6) is 0 Å². The van der Waals surface area contributed by atoms with Crippen molar-refractivity contribution in [2.24, 2.45) is 0 Å². The van der Waals surface area contributed by atoms with Gasteiger partial charge in [-0.1, -0.05) is 15.9 Å². The van der Waals surface area contributed by atoms with Crippen LogP contribution in [0.2, 0.25) is 0 Å². The number of hydrogen-bond donors (Lipinski definition) is 0. The number of fused-ring (bicyclic) bond motifs is 1. The zero-order chi connectivity index (χ0) is 9.97. The van der Waals surface area contributed by atoms with Gasteiger partial charge in [0.25, 0.3) is 0 Å². The van der Waals surface area contributed by atoms with Crippen molar-refractivity contribution < 1.29 is 0 Å². The number of rotatable bonds is 2. The molecule has 1 aliphatic heterocycles. The molecular formula is C11H13BrClN. The minimum absolute atomic E-state index is 0.704. The zero-order valence-electron chi connectivity index (χ0n) is 7.97. The van der Waals surface area contributed by atoms with Crippen LogP contribution in [0.4, 0.5) is 5.69 Å². The van der Waals surface area contributed by atoms with Gasteiger partial charge in [-0.15, -0.1) is 11.6 Å². The van der Waals surface area contributed by atoms with Gasteiger partial charge in [-0.05, 0) is 36.6 Å². The fraction of sp³-hybridized carbons (Fsp3) is 0.455. The molecule has 0 aliphatic carbocycles. The van der Waals surface area contributed by atoms with Gasteiger partial charge in [0, 0.05) is 29.1 Å². The molecule has 0 saturated carbocycles. The highest BCUT2D eigenvalue weighted by Gasteiger charge is 2.15. The Bertz CT molecular complexity index is 327. The quantitative estimate of drug-likeness (QED) is 0.747. The van der Waals surface area contributed by atoms with Crippen LogP contribution in [-0.2, 0) is 6.42 Å². The van der Waals surface area contributed by atoms with E-state index < -0.39 is 0 Å². The Balaban J connectivity index is 2.30. The third kappa shape index (κ3) is 2.06. The second-order valence-electron chi connectivity index (χ2n) is 3.55. The number of nitrogens with zero attached hydrogens (tertiary/aromatic N) is 1. The molecular weight excluding hydrogens is 261 g/mol. The number of halogens is 2. The van der Waals surface area contributed by atoms with Gasteiger partial charge in [0.05, 0.1) is 0 Å². The molecule has 1 aromatic carbocycles. The molecule has 0 unspecified atom stereocenters. The van der Waals surface area contributed by atoms with Crippen molar-refractivity contribution in [3.8, 4) is 0 Å². The molecule has 76 valence electrons. The van der Waals surface area contributed by atoms with Crippen molar-refractivity contribution in [2.75, 3.05) is 23.9 Å². The van der Waals surface area contributed by atoms with Crippen LogP contribution in [0.1, 0.15) is 12.0 Å². The first-order chi connectivity index (χ1) is 6.81. The molecule has 1 aromatic rings. The van der Waals surface area contributed by atoms with Crippen LogP contribution in [0.15, 0.2) is 22.7 Å². The van der Waals surface area contributed by atoms with Crippen LogP contribution in [0.3, 0.4) is 0 Å². The Morgan fingerprint density at radius 2 is 2.29 bits per heavy atom. The zero-order valence-corrected chi connectivity index (χ0v) is 10.3. The van der Waals surface area contributed by atoms with Crippen molar-refractivity contribution in [1.29, 1.82) is 0 Å². The van der Waals surface area contributed by atoms with Crippen LogP contribution in [0.25, 0.3) is 0 Å². The maximum absolute atomic E-state index is 5.78. The lowest BCUT2D eigenvalue weighted by Gasteiger charge is -2.30. The topological polar surface area (TPSA) is 3.24 Å². The van der Waals surface area contributed by atoms with E-state index in [1.807, 2.05) is 0 Å². The van der Waals surface area contributed by atoms with Crippen LogP contribution in [0, 0.1) is 0 Å². The van der Waals surface area contributed by atoms with E-state index in [4.69, 9.17) is 11.6 Å². The average Bonchev–Trinajstić information content (AvgIpc) is 2.18. The molecule has 0 aromatic heterocycles. The molecule has 14 heavy (non-hydrogen) atoms. The summed E-state index contributed by atoms with van der Waals surface area (Å²) >= 11 is 9.29. The van der Waals surface area contributed by atoms with Crippen molar-refractivity contribution in [1.82, 2.24) is 0 Å². The van der Waals surface area contributed by atoms with E-state index in [9.17, 15) is 0 Å². The SMILES string of the molecule is ClCCN1CCCc2cc(Br)ccc21. The summed E-state index contributed by atoms with van der Waals surface area (Å²) in [5.41, 5.74) is 2.80. The fourth-order valence-electron chi connectivity index (χ4n) is 1.98. The van der Waals surface area contributed by atoms with Gasteiger partial charge in [0.1, 0.15) is 0 Å². The maximum Gasteiger partial charge on any atom is 0.0399 e. The summed E-state index contributed by atoms with van der Waals surface area (Å²) in [4.78, 5) is 2.37. The molecule has 2 rings (SSSR count). The Kier molecular flexibility index (Phi) is 3.34. The van der Waals surface area contributed by atoms with E-state index in [0.717, 1.165) is 13.1 Å². The Morgan fingerprint density at radius 1 is 1.43 bits per heavy atom. The average molecular weight is 275 g/mol. The second-order valence-corrected chi connectivity index (χ2v) is 4.85. The van der Waals surface area contributed by atoms with Gasteiger partial charge in [-0.25, -0.2) is 0 Å². The van der Waals surface area contributed by atoms with E-state index in [1.165, 1.54) is 28.6 Å². The molecule has 1 heterocycles. The Labute approximate surface area is 98.2 Å². The van der Waals surface area contributed by atoms with E-state index in [2.05, 4.69) is 39.0 Å². The fourth-order valence-corrected chi connectivity index (χ4v) is 2.59. The molecule has 0 spiro atoms. The molecule has 0 N–H and O–H groups in total. The largest absolute Gasteiger partial charge is 0.370 e. The molecule has 0 atom stereocenters. The molecule has 0 bridgehead atoms. The summed E-state index contributed by atoms with van der Waals surface area (Å²) in [6.45, 7) is 2.09. The summed E-state index contributed by atoms with van der Waals surface area (Å²) < 4.78 is 1.17. The monoisotopic (exact) mass is 273 g/mol. The molecule has 0 radical (unpaired) electrons.